The number of ether oxygens (including phenoxy) is 1. The molecular weight excluding hydrogens is 226 g/mol. The third-order valence-corrected chi connectivity index (χ3v) is 4.11. The number of nitrogens with one attached hydrogen (secondary N) is 1. The van der Waals surface area contributed by atoms with Crippen LogP contribution in [0.15, 0.2) is 12.4 Å². The summed E-state index contributed by atoms with van der Waals surface area (Å²) in [5.41, 5.74) is 1.16. The van der Waals surface area contributed by atoms with Crippen molar-refractivity contribution in [3.8, 4) is 0 Å². The Balaban J connectivity index is 1.52. The van der Waals surface area contributed by atoms with E-state index in [1.54, 1.807) is 0 Å². The maximum Gasteiger partial charge on any atom is 0.0771 e. The van der Waals surface area contributed by atoms with Crippen LogP contribution in [-0.2, 0) is 11.3 Å². The van der Waals surface area contributed by atoms with Crippen LogP contribution in [0.3, 0.4) is 0 Å². The van der Waals surface area contributed by atoms with Crippen molar-refractivity contribution in [2.24, 2.45) is 5.92 Å². The predicted octanol–water partition coefficient (Wildman–Crippen LogP) is 2.66. The first kappa shape index (κ1) is 12.0. The molecule has 2 heterocycles. The molecule has 100 valence electrons. The van der Waals surface area contributed by atoms with Gasteiger partial charge < -0.3 is 10.1 Å². The van der Waals surface area contributed by atoms with Gasteiger partial charge in [-0.3, -0.25) is 4.68 Å². The lowest BCUT2D eigenvalue weighted by Gasteiger charge is -2.12. The summed E-state index contributed by atoms with van der Waals surface area (Å²) < 4.78 is 7.64. The van der Waals surface area contributed by atoms with E-state index in [0.717, 1.165) is 24.8 Å². The van der Waals surface area contributed by atoms with Crippen molar-refractivity contribution in [2.45, 2.75) is 57.7 Å². The van der Waals surface area contributed by atoms with E-state index >= 15 is 0 Å². The van der Waals surface area contributed by atoms with E-state index in [1.807, 2.05) is 10.9 Å². The van der Waals surface area contributed by atoms with Crippen molar-refractivity contribution < 1.29 is 4.74 Å². The minimum Gasteiger partial charge on any atom is -0.380 e. The molecule has 18 heavy (non-hydrogen) atoms. The van der Waals surface area contributed by atoms with E-state index < -0.39 is 0 Å². The molecule has 1 saturated heterocycles. The molecule has 0 bridgehead atoms. The van der Waals surface area contributed by atoms with Gasteiger partial charge in [-0.25, -0.2) is 0 Å². The molecule has 1 saturated carbocycles. The van der Waals surface area contributed by atoms with Crippen LogP contribution in [0.1, 0.15) is 39.0 Å². The predicted molar refractivity (Wildman–Crippen MR) is 71.6 cm³/mol. The van der Waals surface area contributed by atoms with Crippen molar-refractivity contribution >= 4 is 5.69 Å². The van der Waals surface area contributed by atoms with Crippen LogP contribution in [-0.4, -0.2) is 28.5 Å². The summed E-state index contributed by atoms with van der Waals surface area (Å²) >= 11 is 0. The number of hydrogen-bond acceptors (Lipinski definition) is 3. The lowest BCUT2D eigenvalue weighted by atomic mass is 10.1. The molecular formula is C14H23N3O. The molecule has 1 aliphatic heterocycles. The first-order chi connectivity index (χ1) is 8.79. The van der Waals surface area contributed by atoms with Crippen LogP contribution in [0.5, 0.6) is 0 Å². The summed E-state index contributed by atoms with van der Waals surface area (Å²) in [4.78, 5) is 0. The van der Waals surface area contributed by atoms with Gasteiger partial charge in [-0.2, -0.15) is 5.10 Å². The van der Waals surface area contributed by atoms with Crippen LogP contribution >= 0.6 is 0 Å². The van der Waals surface area contributed by atoms with Crippen LogP contribution < -0.4 is 5.32 Å². The largest absolute Gasteiger partial charge is 0.380 e. The monoisotopic (exact) mass is 249 g/mol. The second-order valence-electron chi connectivity index (χ2n) is 5.85. The lowest BCUT2D eigenvalue weighted by molar-refractivity contribution is 0.0940. The zero-order valence-corrected chi connectivity index (χ0v) is 11.1. The van der Waals surface area contributed by atoms with Gasteiger partial charge in [0.15, 0.2) is 0 Å². The number of hydrogen-bond donors (Lipinski definition) is 1. The van der Waals surface area contributed by atoms with Crippen LogP contribution in [0.25, 0.3) is 0 Å². The van der Waals surface area contributed by atoms with Gasteiger partial charge in [0.25, 0.3) is 0 Å². The fourth-order valence-electron chi connectivity index (χ4n) is 3.11. The second-order valence-corrected chi connectivity index (χ2v) is 5.85. The first-order valence-corrected chi connectivity index (χ1v) is 7.20. The summed E-state index contributed by atoms with van der Waals surface area (Å²) in [5.74, 6) is 0.865. The van der Waals surface area contributed by atoms with E-state index in [0.29, 0.717) is 12.1 Å². The Labute approximate surface area is 109 Å². The fourth-order valence-corrected chi connectivity index (χ4v) is 3.11. The van der Waals surface area contributed by atoms with Gasteiger partial charge in [0.2, 0.25) is 0 Å². The Morgan fingerprint density at radius 3 is 3.11 bits per heavy atom. The highest BCUT2D eigenvalue weighted by Gasteiger charge is 2.21. The van der Waals surface area contributed by atoms with E-state index in [-0.39, 0.29) is 0 Å². The van der Waals surface area contributed by atoms with Gasteiger partial charge in [0.05, 0.1) is 24.5 Å². The molecule has 4 heteroatoms. The summed E-state index contributed by atoms with van der Waals surface area (Å²) in [6.45, 7) is 4.14. The number of aromatic nitrogens is 2. The van der Waals surface area contributed by atoms with Gasteiger partial charge in [0, 0.05) is 18.8 Å². The molecule has 0 amide bonds. The zero-order valence-electron chi connectivity index (χ0n) is 11.1. The average molecular weight is 249 g/mol. The molecule has 1 aliphatic carbocycles. The van der Waals surface area contributed by atoms with E-state index in [4.69, 9.17) is 4.74 Å². The summed E-state index contributed by atoms with van der Waals surface area (Å²) in [7, 11) is 0. The molecule has 3 unspecified atom stereocenters. The number of rotatable bonds is 4. The molecule has 0 radical (unpaired) electrons. The Bertz CT molecular complexity index is 384. The second kappa shape index (κ2) is 5.31. The summed E-state index contributed by atoms with van der Waals surface area (Å²) in [6, 6.07) is 0.639. The fraction of sp³-hybridized carbons (Fsp3) is 0.786. The van der Waals surface area contributed by atoms with Crippen molar-refractivity contribution in [3.63, 3.8) is 0 Å². The molecule has 1 N–H and O–H groups in total. The lowest BCUT2D eigenvalue weighted by Crippen LogP contribution is -2.16. The first-order valence-electron chi connectivity index (χ1n) is 7.20. The van der Waals surface area contributed by atoms with Crippen molar-refractivity contribution in [2.75, 3.05) is 11.9 Å². The van der Waals surface area contributed by atoms with Gasteiger partial charge in [0.1, 0.15) is 0 Å². The zero-order chi connectivity index (χ0) is 12.4. The molecule has 4 nitrogen and oxygen atoms in total. The maximum absolute atomic E-state index is 5.63. The normalized spacial score (nSPS) is 31.9. The summed E-state index contributed by atoms with van der Waals surface area (Å²) in [6.07, 6.45) is 10.7. The molecule has 0 spiro atoms. The quantitative estimate of drug-likeness (QED) is 0.891. The van der Waals surface area contributed by atoms with E-state index in [2.05, 4.69) is 23.5 Å². The highest BCUT2D eigenvalue weighted by atomic mass is 16.5. The van der Waals surface area contributed by atoms with Gasteiger partial charge in [-0.1, -0.05) is 6.92 Å². The molecule has 1 aromatic rings. The van der Waals surface area contributed by atoms with E-state index in [9.17, 15) is 0 Å². The molecule has 2 fully saturated rings. The van der Waals surface area contributed by atoms with Gasteiger partial charge >= 0.3 is 0 Å². The Morgan fingerprint density at radius 2 is 2.39 bits per heavy atom. The topological polar surface area (TPSA) is 39.1 Å². The number of anilines is 1. The minimum absolute atomic E-state index is 0.365. The average Bonchev–Trinajstić information content (AvgIpc) is 3.04. The summed E-state index contributed by atoms with van der Waals surface area (Å²) in [5, 5.41) is 8.01. The standard InChI is InChI=1S/C14H23N3O/c1-11-4-5-12(7-11)16-13-8-15-17(9-13)10-14-3-2-6-18-14/h8-9,11-12,14,16H,2-7,10H2,1H3. The van der Waals surface area contributed by atoms with Crippen LogP contribution in [0, 0.1) is 5.92 Å². The van der Waals surface area contributed by atoms with Gasteiger partial charge in [-0.05, 0) is 38.0 Å². The smallest absolute Gasteiger partial charge is 0.0771 e. The molecule has 3 rings (SSSR count). The Kier molecular flexibility index (Phi) is 3.55. The van der Waals surface area contributed by atoms with Crippen molar-refractivity contribution in [3.05, 3.63) is 12.4 Å². The molecule has 3 atom stereocenters. The van der Waals surface area contributed by atoms with Crippen molar-refractivity contribution in [1.29, 1.82) is 0 Å². The third-order valence-electron chi connectivity index (χ3n) is 4.11. The maximum atomic E-state index is 5.63. The van der Waals surface area contributed by atoms with Crippen molar-refractivity contribution in [1.82, 2.24) is 9.78 Å². The molecule has 1 aromatic heterocycles. The Hall–Kier alpha value is -1.03. The third kappa shape index (κ3) is 2.86. The van der Waals surface area contributed by atoms with Crippen LogP contribution in [0.2, 0.25) is 0 Å². The molecule has 0 aromatic carbocycles. The van der Waals surface area contributed by atoms with Crippen LogP contribution in [0.4, 0.5) is 5.69 Å². The minimum atomic E-state index is 0.365. The number of nitrogens with zero attached hydrogens (tertiary/aromatic N) is 2. The highest BCUT2D eigenvalue weighted by Crippen LogP contribution is 2.27. The van der Waals surface area contributed by atoms with E-state index in [1.165, 1.54) is 32.1 Å². The highest BCUT2D eigenvalue weighted by molar-refractivity contribution is 5.39. The Morgan fingerprint density at radius 1 is 1.44 bits per heavy atom. The molecule has 2 aliphatic rings. The van der Waals surface area contributed by atoms with Gasteiger partial charge in [-0.15, -0.1) is 0 Å². The SMILES string of the molecule is CC1CCC(Nc2cnn(CC3CCCO3)c2)C1.